The lowest BCUT2D eigenvalue weighted by Crippen LogP contribution is -2.49. The number of thiazole rings is 1. The first kappa shape index (κ1) is 79.0. The van der Waals surface area contributed by atoms with Crippen LogP contribution in [-0.2, 0) is 39.0 Å². The molecule has 5 aromatic rings. The number of nitrogens with zero attached hydrogens (tertiary/aromatic N) is 6. The highest BCUT2D eigenvalue weighted by atomic mass is 32.2. The van der Waals surface area contributed by atoms with Gasteiger partial charge in [0.05, 0.1) is 45.2 Å². The lowest BCUT2D eigenvalue weighted by molar-refractivity contribution is -0.140. The third kappa shape index (κ3) is 21.5. The number of sulfone groups is 1. The number of carbonyl (C=O) groups excluding carboxylic acids is 5. The van der Waals surface area contributed by atoms with E-state index in [-0.39, 0.29) is 78.6 Å². The molecule has 1 aromatic heterocycles. The van der Waals surface area contributed by atoms with Crippen LogP contribution in [0.5, 0.6) is 0 Å². The smallest absolute Gasteiger partial charge is 0.391 e. The first-order valence-corrected chi connectivity index (χ1v) is 40.1. The molecule has 4 aromatic carbocycles. The SMILES string of the molecule is C=C(CCC)C1=C(CN2CCN(c3ccc(C(=O)NS(=O)(=O)c4ccc(N[C@H](CCN5CCN(C(=O)CCCCNC(=O)C[C@H](NC(=O)[C@@H]6C[C@@H](O)CN6C(=O)CC(C)(C)C)c6ccc(-c7scnc7C)cc6)CC5)CSc5ccccc5)c(S(=O)(=O)C(F)(F)F)c4)cc3)CC2)CCC(C)(C)C1. The fourth-order valence-electron chi connectivity index (χ4n) is 13.6. The summed E-state index contributed by atoms with van der Waals surface area (Å²) in [7, 11) is -11.1. The summed E-state index contributed by atoms with van der Waals surface area (Å²) >= 11 is 2.90. The second-order valence-corrected chi connectivity index (χ2v) is 34.8. The Morgan fingerprint density at radius 3 is 2.18 bits per heavy atom. The number of unbranched alkanes of at least 4 members (excludes halogenated alkanes) is 1. The molecule has 0 bridgehead atoms. The third-order valence-electron chi connectivity index (χ3n) is 19.4. The summed E-state index contributed by atoms with van der Waals surface area (Å²) in [5.41, 5.74) is 2.78. The van der Waals surface area contributed by atoms with Crippen molar-refractivity contribution in [3.63, 3.8) is 0 Å². The molecule has 4 atom stereocenters. The number of aliphatic hydroxyl groups is 1. The van der Waals surface area contributed by atoms with Gasteiger partial charge in [-0.2, -0.15) is 13.2 Å². The number of aryl methyl sites for hydroxylation is 1. The van der Waals surface area contributed by atoms with Crippen molar-refractivity contribution in [2.24, 2.45) is 10.8 Å². The molecule has 4 heterocycles. The van der Waals surface area contributed by atoms with Gasteiger partial charge < -0.3 is 35.8 Å². The number of aromatic nitrogens is 1. The van der Waals surface area contributed by atoms with Gasteiger partial charge in [-0.1, -0.05) is 108 Å². The molecule has 554 valence electrons. The largest absolute Gasteiger partial charge is 0.501 e. The van der Waals surface area contributed by atoms with Gasteiger partial charge in [-0.3, -0.25) is 33.8 Å². The molecule has 0 spiro atoms. The van der Waals surface area contributed by atoms with Gasteiger partial charge in [0.2, 0.25) is 23.6 Å². The van der Waals surface area contributed by atoms with Crippen LogP contribution < -0.4 is 25.6 Å². The number of benzene rings is 4. The Morgan fingerprint density at radius 2 is 1.53 bits per heavy atom. The molecule has 3 saturated heterocycles. The van der Waals surface area contributed by atoms with Gasteiger partial charge in [-0.05, 0) is 134 Å². The van der Waals surface area contributed by atoms with E-state index in [9.17, 15) is 59.1 Å². The number of sulfonamides is 1. The Bertz CT molecular complexity index is 4020. The van der Waals surface area contributed by atoms with Crippen LogP contribution in [0, 0.1) is 17.8 Å². The summed E-state index contributed by atoms with van der Waals surface area (Å²) in [6.45, 7) is 25.4. The predicted molar refractivity (Wildman–Crippen MR) is 395 cm³/mol. The summed E-state index contributed by atoms with van der Waals surface area (Å²) in [6.07, 6.45) is 6.01. The van der Waals surface area contributed by atoms with Crippen LogP contribution >= 0.6 is 23.1 Å². The number of halogens is 3. The van der Waals surface area contributed by atoms with Crippen LogP contribution in [0.2, 0.25) is 0 Å². The van der Waals surface area contributed by atoms with Crippen LogP contribution in [0.15, 0.2) is 141 Å². The Hall–Kier alpha value is -7.14. The molecule has 0 unspecified atom stereocenters. The van der Waals surface area contributed by atoms with E-state index in [1.165, 1.54) is 56.9 Å². The average molecular weight is 1490 g/mol. The molecular formula is C75H99F3N10O10S4. The van der Waals surface area contributed by atoms with Crippen molar-refractivity contribution in [1.82, 2.24) is 39.9 Å². The molecule has 5 amide bonds. The standard InChI is InChI=1S/C75H99F3N10O10S4/c1-9-15-51(2)62-45-74(7,8)31-29-56(62)47-85-36-38-86(39-37-85)58-25-23-55(24-26-58)71(93)83-102(97,98)61-27-28-63(66(43-61)101(95,96)75(76,77)78)81-57(49-99-60-16-11-10-12-17-60)30-33-84-34-40-87(41-35-84)68(91)18-13-14-32-79-67(90)44-64(53-19-21-54(22-20-53)70-52(3)80-50-100-70)82-72(94)65-42-59(89)48-88(65)69(92)46-73(4,5)6/h10-12,16-17,19-28,43,50,57,59,64-65,81,89H,2,9,13-15,18,29-42,44-49H2,1,3-8H3,(H,79,90)(H,82,94)(H,83,93)/t57-,59-,64+,65+/m1/s1. The molecule has 5 N–H and O–H groups in total. The van der Waals surface area contributed by atoms with Crippen LogP contribution in [-0.4, -0.2) is 184 Å². The summed E-state index contributed by atoms with van der Waals surface area (Å²) in [4.78, 5) is 82.0. The number of aliphatic hydroxyl groups excluding tert-OH is 1. The number of alkyl halides is 3. The Balaban J connectivity index is 0.767. The van der Waals surface area contributed by atoms with E-state index in [2.05, 4.69) is 63.0 Å². The van der Waals surface area contributed by atoms with Gasteiger partial charge in [-0.15, -0.1) is 23.1 Å². The molecule has 4 aliphatic rings. The maximum Gasteiger partial charge on any atom is 0.501 e. The van der Waals surface area contributed by atoms with Gasteiger partial charge in [0.1, 0.15) is 10.9 Å². The van der Waals surface area contributed by atoms with Crippen molar-refractivity contribution >= 4 is 83.9 Å². The highest BCUT2D eigenvalue weighted by molar-refractivity contribution is 7.99. The first-order valence-electron chi connectivity index (χ1n) is 35.2. The van der Waals surface area contributed by atoms with Crippen molar-refractivity contribution in [2.75, 3.05) is 94.5 Å². The van der Waals surface area contributed by atoms with Gasteiger partial charge in [0, 0.05) is 126 Å². The molecule has 3 aliphatic heterocycles. The molecule has 9 rings (SSSR count). The lowest BCUT2D eigenvalue weighted by atomic mass is 9.72. The summed E-state index contributed by atoms with van der Waals surface area (Å²) in [5, 5.41) is 19.6. The van der Waals surface area contributed by atoms with Crippen LogP contribution in [0.25, 0.3) is 10.4 Å². The zero-order chi connectivity index (χ0) is 73.7. The summed E-state index contributed by atoms with van der Waals surface area (Å²) < 4.78 is 100. The highest BCUT2D eigenvalue weighted by Gasteiger charge is 2.49. The fourth-order valence-corrected chi connectivity index (χ4v) is 17.4. The normalized spacial score (nSPS) is 18.6. The number of anilines is 2. The monoisotopic (exact) mass is 1480 g/mol. The highest BCUT2D eigenvalue weighted by Crippen LogP contribution is 2.43. The molecular weight excluding hydrogens is 1390 g/mol. The number of piperazine rings is 2. The van der Waals surface area contributed by atoms with E-state index in [4.69, 9.17) is 0 Å². The van der Waals surface area contributed by atoms with Gasteiger partial charge in [-0.25, -0.2) is 26.5 Å². The number of amides is 5. The van der Waals surface area contributed by atoms with E-state index in [0.717, 1.165) is 104 Å². The molecule has 27 heteroatoms. The van der Waals surface area contributed by atoms with Crippen molar-refractivity contribution in [3.8, 4) is 10.4 Å². The molecule has 0 radical (unpaired) electrons. The number of nitrogens with one attached hydrogen (secondary N) is 4. The second kappa shape index (κ2) is 34.6. The number of hydrogen-bond donors (Lipinski definition) is 5. The fraction of sp³-hybridized carbons (Fsp3) is 0.520. The topological polar surface area (TPSA) is 251 Å². The Labute approximate surface area is 607 Å². The number of carbonyl (C=O) groups is 5. The predicted octanol–water partition coefficient (Wildman–Crippen LogP) is 11.6. The number of likely N-dealkylation sites (tertiary alicyclic amines) is 1. The third-order valence-corrected chi connectivity index (χ3v) is 24.4. The van der Waals surface area contributed by atoms with E-state index < -0.39 is 76.9 Å². The second-order valence-electron chi connectivity index (χ2n) is 29.3. The number of β-amino-alcohol motifs (C(OH)–C–C–N with tert-alkyl or cyclic N) is 1. The minimum Gasteiger partial charge on any atom is -0.391 e. The van der Waals surface area contributed by atoms with E-state index in [1.807, 2.05) is 87.0 Å². The Morgan fingerprint density at radius 1 is 0.843 bits per heavy atom. The van der Waals surface area contributed by atoms with Gasteiger partial charge in [0.25, 0.3) is 25.8 Å². The van der Waals surface area contributed by atoms with Crippen molar-refractivity contribution in [3.05, 3.63) is 143 Å². The van der Waals surface area contributed by atoms with Crippen LogP contribution in [0.3, 0.4) is 0 Å². The Kier molecular flexibility index (Phi) is 26.8. The van der Waals surface area contributed by atoms with Crippen molar-refractivity contribution in [2.45, 2.75) is 170 Å². The van der Waals surface area contributed by atoms with Crippen molar-refractivity contribution < 1.29 is 59.1 Å². The van der Waals surface area contributed by atoms with E-state index >= 15 is 0 Å². The average Bonchev–Trinajstić information content (AvgIpc) is 1.11. The maximum absolute atomic E-state index is 14.6. The zero-order valence-corrected chi connectivity index (χ0v) is 62.8. The number of rotatable bonds is 30. The number of thioether (sulfide) groups is 1. The zero-order valence-electron chi connectivity index (χ0n) is 59.6. The van der Waals surface area contributed by atoms with E-state index in [0.29, 0.717) is 63.6 Å². The minimum atomic E-state index is -6.18. The minimum absolute atomic E-state index is 0.0327. The lowest BCUT2D eigenvalue weighted by Gasteiger charge is -2.39. The van der Waals surface area contributed by atoms with Crippen LogP contribution in [0.1, 0.15) is 146 Å². The molecule has 1 aliphatic carbocycles. The van der Waals surface area contributed by atoms with Gasteiger partial charge >= 0.3 is 5.51 Å². The van der Waals surface area contributed by atoms with E-state index in [1.54, 1.807) is 22.5 Å². The molecule has 20 nitrogen and oxygen atoms in total. The number of allylic oxidation sites excluding steroid dienone is 2. The quantitative estimate of drug-likeness (QED) is 0.0212. The van der Waals surface area contributed by atoms with Gasteiger partial charge in [0.15, 0.2) is 0 Å². The number of hydrogen-bond acceptors (Lipinski definition) is 17. The van der Waals surface area contributed by atoms with Crippen molar-refractivity contribution in [1.29, 1.82) is 0 Å². The molecule has 3 fully saturated rings. The maximum atomic E-state index is 14.6. The summed E-state index contributed by atoms with van der Waals surface area (Å²) in [5.74, 6) is -1.90. The molecule has 102 heavy (non-hydrogen) atoms. The molecule has 0 saturated carbocycles. The summed E-state index contributed by atoms with van der Waals surface area (Å²) in [6, 6.07) is 23.1. The van der Waals surface area contributed by atoms with Crippen LogP contribution in [0.4, 0.5) is 24.5 Å². The first-order chi connectivity index (χ1) is 48.3.